The first-order valence-corrected chi connectivity index (χ1v) is 21.9. The van der Waals surface area contributed by atoms with Gasteiger partial charge in [-0.05, 0) is 108 Å². The van der Waals surface area contributed by atoms with Gasteiger partial charge in [-0.25, -0.2) is 24.9 Å². The summed E-state index contributed by atoms with van der Waals surface area (Å²) in [4.78, 5) is 31.5. The quantitative estimate of drug-likeness (QED) is 0.0862. The van der Waals surface area contributed by atoms with Crippen molar-refractivity contribution in [1.82, 2.24) is 39.0 Å². The molecule has 4 N–H and O–H groups in total. The van der Waals surface area contributed by atoms with Gasteiger partial charge >= 0.3 is 0 Å². The fourth-order valence-electron chi connectivity index (χ4n) is 6.73. The van der Waals surface area contributed by atoms with Gasteiger partial charge < -0.3 is 48.6 Å². The summed E-state index contributed by atoms with van der Waals surface area (Å²) in [7, 11) is 14.7. The SMILES string of the molecule is COc1ccc(OC)c(Sc2nc3c(N)ncnc3n2CCc2ccc(N(C)C)cc2)c1.COc1ccc(OC)c(Sc2nc3c([nH]2)c(=N)ncn3CCc2ccc(N(C)C)cc2)c1. The minimum absolute atomic E-state index is 0.170. The molecule has 0 atom stereocenters. The minimum atomic E-state index is 0.170. The van der Waals surface area contributed by atoms with Crippen LogP contribution in [0.15, 0.2) is 118 Å². The van der Waals surface area contributed by atoms with Crippen LogP contribution < -0.4 is 40.0 Å². The van der Waals surface area contributed by atoms with Crippen LogP contribution in [0.25, 0.3) is 22.3 Å². The first kappa shape index (κ1) is 45.1. The highest BCUT2D eigenvalue weighted by atomic mass is 32.2. The maximum atomic E-state index is 8.20. The fraction of sp³-hybridized carbons (Fsp3) is 0.261. The van der Waals surface area contributed by atoms with Crippen molar-refractivity contribution in [2.75, 3.05) is 72.2 Å². The van der Waals surface area contributed by atoms with E-state index in [0.29, 0.717) is 46.4 Å². The summed E-state index contributed by atoms with van der Waals surface area (Å²) in [5.74, 6) is 3.32. The van der Waals surface area contributed by atoms with E-state index in [1.807, 2.05) is 69.2 Å². The Kier molecular flexibility index (Phi) is 14.5. The van der Waals surface area contributed by atoms with Gasteiger partial charge in [0.15, 0.2) is 38.4 Å². The predicted molar refractivity (Wildman–Crippen MR) is 254 cm³/mol. The number of methoxy groups -OCH3 is 4. The lowest BCUT2D eigenvalue weighted by Gasteiger charge is -2.13. The smallest absolute Gasteiger partial charge is 0.175 e. The number of aromatic nitrogens is 8. The first-order valence-electron chi connectivity index (χ1n) is 20.3. The Balaban J connectivity index is 0.000000191. The van der Waals surface area contributed by atoms with Crippen LogP contribution in [0.5, 0.6) is 23.0 Å². The summed E-state index contributed by atoms with van der Waals surface area (Å²) in [6.45, 7) is 1.41. The number of aromatic amines is 1. The van der Waals surface area contributed by atoms with Crippen molar-refractivity contribution in [3.63, 3.8) is 0 Å². The average molecular weight is 901 g/mol. The number of anilines is 3. The number of hydrogen-bond acceptors (Lipinski definition) is 15. The van der Waals surface area contributed by atoms with Crippen LogP contribution in [0, 0.1) is 5.41 Å². The number of nitrogen functional groups attached to an aromatic ring is 1. The molecule has 0 saturated carbocycles. The van der Waals surface area contributed by atoms with Crippen molar-refractivity contribution in [3.05, 3.63) is 114 Å². The fourth-order valence-corrected chi connectivity index (χ4v) is 8.70. The van der Waals surface area contributed by atoms with Gasteiger partial charge in [0.1, 0.15) is 34.8 Å². The summed E-state index contributed by atoms with van der Waals surface area (Å²) in [5, 5.41) is 9.63. The van der Waals surface area contributed by atoms with E-state index in [4.69, 9.17) is 40.1 Å². The molecule has 0 unspecified atom stereocenters. The number of benzene rings is 4. The number of rotatable bonds is 16. The number of imidazole rings is 2. The highest BCUT2D eigenvalue weighted by molar-refractivity contribution is 7.99. The summed E-state index contributed by atoms with van der Waals surface area (Å²) in [6.07, 6.45) is 4.82. The Bertz CT molecular complexity index is 2900. The minimum Gasteiger partial charge on any atom is -0.497 e. The molecule has 0 aliphatic rings. The lowest BCUT2D eigenvalue weighted by Crippen LogP contribution is -2.13. The lowest BCUT2D eigenvalue weighted by molar-refractivity contribution is 0.394. The van der Waals surface area contributed by atoms with E-state index in [1.54, 1.807) is 34.8 Å². The summed E-state index contributed by atoms with van der Waals surface area (Å²) < 4.78 is 25.8. The van der Waals surface area contributed by atoms with E-state index in [9.17, 15) is 0 Å². The Morgan fingerprint density at radius 2 is 1.22 bits per heavy atom. The van der Waals surface area contributed by atoms with Crippen molar-refractivity contribution >= 4 is 63.0 Å². The van der Waals surface area contributed by atoms with Gasteiger partial charge in [-0.2, -0.15) is 0 Å². The number of fused-ring (bicyclic) bond motifs is 2. The zero-order valence-electron chi connectivity index (χ0n) is 37.1. The van der Waals surface area contributed by atoms with E-state index in [0.717, 1.165) is 50.8 Å². The number of nitrogens with one attached hydrogen (secondary N) is 2. The van der Waals surface area contributed by atoms with Gasteiger partial charge in [-0.1, -0.05) is 24.3 Å². The topological polar surface area (TPSA) is 183 Å². The van der Waals surface area contributed by atoms with Crippen LogP contribution in [0.3, 0.4) is 0 Å². The first-order chi connectivity index (χ1) is 31.0. The van der Waals surface area contributed by atoms with E-state index >= 15 is 0 Å². The molecule has 0 aliphatic heterocycles. The van der Waals surface area contributed by atoms with Gasteiger partial charge in [0, 0.05) is 52.7 Å². The van der Waals surface area contributed by atoms with Gasteiger partial charge in [-0.15, -0.1) is 0 Å². The van der Waals surface area contributed by atoms with E-state index in [1.165, 1.54) is 52.4 Å². The molecular formula is C46H52N12O4S2. The average Bonchev–Trinajstić information content (AvgIpc) is 3.90. The number of H-pyrrole nitrogens is 1. The molecule has 332 valence electrons. The molecule has 18 heteroatoms. The number of ether oxygens (including phenoxy) is 4. The number of aryl methyl sites for hydroxylation is 4. The maximum Gasteiger partial charge on any atom is 0.175 e. The molecule has 0 bridgehead atoms. The summed E-state index contributed by atoms with van der Waals surface area (Å²) in [6, 6.07) is 28.4. The molecule has 0 spiro atoms. The molecule has 16 nitrogen and oxygen atoms in total. The standard InChI is InChI=1S/2C23H26N6O2S/c1-28(2)16-7-5-15(6-8-16)11-12-29-14-25-21(24)20-22(29)27-23(26-20)32-19-13-17(30-3)9-10-18(19)31-4;1-28(2)16-7-5-15(6-8-16)11-12-29-22-20(21(24)25-14-26-22)27-23(29)32-19-13-17(30-3)9-10-18(19)31-4/h5-10,13-14,24H,11-12H2,1-4H3,(H,26,27);5-10,13-14H,11-12H2,1-4H3,(H2,24,25,26). The summed E-state index contributed by atoms with van der Waals surface area (Å²) in [5.41, 5.74) is 13.7. The zero-order chi connectivity index (χ0) is 45.3. The summed E-state index contributed by atoms with van der Waals surface area (Å²) >= 11 is 2.92. The number of nitrogens with two attached hydrogens (primary N) is 1. The molecule has 0 saturated heterocycles. The van der Waals surface area contributed by atoms with Crippen molar-refractivity contribution in [1.29, 1.82) is 5.41 Å². The van der Waals surface area contributed by atoms with Crippen molar-refractivity contribution in [3.8, 4) is 23.0 Å². The maximum absolute atomic E-state index is 8.20. The molecule has 0 fully saturated rings. The Labute approximate surface area is 380 Å². The van der Waals surface area contributed by atoms with Gasteiger partial charge in [0.2, 0.25) is 0 Å². The normalized spacial score (nSPS) is 11.0. The van der Waals surface area contributed by atoms with E-state index < -0.39 is 0 Å². The van der Waals surface area contributed by atoms with Crippen molar-refractivity contribution in [2.45, 2.75) is 46.0 Å². The molecule has 8 aromatic rings. The van der Waals surface area contributed by atoms with Gasteiger partial charge in [0.05, 0.1) is 44.6 Å². The van der Waals surface area contributed by atoms with Gasteiger partial charge in [-0.3, -0.25) is 5.41 Å². The number of nitrogens with zero attached hydrogens (tertiary/aromatic N) is 9. The molecule has 4 aromatic heterocycles. The van der Waals surface area contributed by atoms with Crippen molar-refractivity contribution in [2.24, 2.45) is 0 Å². The number of hydrogen-bond donors (Lipinski definition) is 3. The molecule has 8 rings (SSSR count). The predicted octanol–water partition coefficient (Wildman–Crippen LogP) is 7.60. The molecule has 0 amide bonds. The Morgan fingerprint density at radius 1 is 0.656 bits per heavy atom. The largest absolute Gasteiger partial charge is 0.497 e. The zero-order valence-corrected chi connectivity index (χ0v) is 38.8. The highest BCUT2D eigenvalue weighted by Gasteiger charge is 2.19. The van der Waals surface area contributed by atoms with Crippen LogP contribution in [0.1, 0.15) is 11.1 Å². The highest BCUT2D eigenvalue weighted by Crippen LogP contribution is 2.39. The lowest BCUT2D eigenvalue weighted by atomic mass is 10.1. The third-order valence-corrected chi connectivity index (χ3v) is 12.3. The second-order valence-corrected chi connectivity index (χ2v) is 16.9. The third kappa shape index (κ3) is 10.5. The Morgan fingerprint density at radius 3 is 1.77 bits per heavy atom. The molecular weight excluding hydrogens is 849 g/mol. The van der Waals surface area contributed by atoms with E-state index in [-0.39, 0.29) is 5.49 Å². The molecule has 4 aromatic carbocycles. The van der Waals surface area contributed by atoms with E-state index in [2.05, 4.69) is 82.8 Å². The van der Waals surface area contributed by atoms with Crippen LogP contribution >= 0.6 is 23.5 Å². The van der Waals surface area contributed by atoms with Crippen LogP contribution in [-0.2, 0) is 25.9 Å². The molecule has 64 heavy (non-hydrogen) atoms. The second kappa shape index (κ2) is 20.5. The third-order valence-electron chi connectivity index (χ3n) is 10.3. The van der Waals surface area contributed by atoms with Crippen LogP contribution in [0.2, 0.25) is 0 Å². The molecule has 4 heterocycles. The van der Waals surface area contributed by atoms with Crippen LogP contribution in [-0.4, -0.2) is 95.7 Å². The molecule has 0 radical (unpaired) electrons. The van der Waals surface area contributed by atoms with Crippen LogP contribution in [0.4, 0.5) is 17.2 Å². The Hall–Kier alpha value is -6.92. The monoisotopic (exact) mass is 900 g/mol. The molecule has 0 aliphatic carbocycles. The van der Waals surface area contributed by atoms with Crippen molar-refractivity contribution < 1.29 is 18.9 Å². The second-order valence-electron chi connectivity index (χ2n) is 14.9. The van der Waals surface area contributed by atoms with Gasteiger partial charge in [0.25, 0.3) is 0 Å².